The number of rotatable bonds is 6. The number of carbonyl (C=O) groups is 1. The van der Waals surface area contributed by atoms with E-state index in [1.54, 1.807) is 28.4 Å². The summed E-state index contributed by atoms with van der Waals surface area (Å²) in [5, 5.41) is 0. The van der Waals surface area contributed by atoms with E-state index in [1.165, 1.54) is 6.92 Å². The third kappa shape index (κ3) is 5.40. The molecule has 1 fully saturated rings. The highest BCUT2D eigenvalue weighted by Gasteiger charge is 2.32. The predicted molar refractivity (Wildman–Crippen MR) is 120 cm³/mol. The summed E-state index contributed by atoms with van der Waals surface area (Å²) < 4.78 is 27.9. The Bertz CT molecular complexity index is 1040. The number of amides is 1. The standard InChI is InChI=1S/C22H31N5O3S/c1-16-8-10-20(11-9-16)31(29,30)27-12-6-7-18(14-27)22-23-19(15-26(5)17(2)28)13-21(24-22)25(3)4/h8-11,13,18H,6-7,12,14-15H2,1-5H3/t18-/m1/s1. The minimum absolute atomic E-state index is 0.0420. The number of nitrogens with zero attached hydrogens (tertiary/aromatic N) is 5. The summed E-state index contributed by atoms with van der Waals surface area (Å²) >= 11 is 0. The summed E-state index contributed by atoms with van der Waals surface area (Å²) in [6.07, 6.45) is 1.56. The van der Waals surface area contributed by atoms with Crippen molar-refractivity contribution in [3.8, 4) is 0 Å². The molecule has 168 valence electrons. The minimum atomic E-state index is -3.57. The lowest BCUT2D eigenvalue weighted by atomic mass is 9.98. The molecule has 31 heavy (non-hydrogen) atoms. The van der Waals surface area contributed by atoms with Crippen LogP contribution < -0.4 is 4.90 Å². The number of anilines is 1. The van der Waals surface area contributed by atoms with E-state index in [4.69, 9.17) is 9.97 Å². The van der Waals surface area contributed by atoms with Gasteiger partial charge in [0.2, 0.25) is 15.9 Å². The molecule has 2 aromatic rings. The fourth-order valence-corrected chi connectivity index (χ4v) is 5.10. The number of sulfonamides is 1. The van der Waals surface area contributed by atoms with Gasteiger partial charge in [-0.1, -0.05) is 17.7 Å². The monoisotopic (exact) mass is 445 g/mol. The van der Waals surface area contributed by atoms with Gasteiger partial charge in [-0.3, -0.25) is 4.79 Å². The number of carbonyl (C=O) groups excluding carboxylic acids is 1. The van der Waals surface area contributed by atoms with Crippen LogP contribution in [0.2, 0.25) is 0 Å². The second-order valence-corrected chi connectivity index (χ2v) is 10.3. The van der Waals surface area contributed by atoms with E-state index in [1.807, 2.05) is 44.1 Å². The van der Waals surface area contributed by atoms with Crippen molar-refractivity contribution in [2.24, 2.45) is 0 Å². The Balaban J connectivity index is 1.88. The van der Waals surface area contributed by atoms with Gasteiger partial charge in [0.1, 0.15) is 11.6 Å². The van der Waals surface area contributed by atoms with Crippen molar-refractivity contribution in [2.45, 2.75) is 44.0 Å². The lowest BCUT2D eigenvalue weighted by Crippen LogP contribution is -2.39. The number of piperidine rings is 1. The van der Waals surface area contributed by atoms with Gasteiger partial charge in [0, 0.05) is 53.1 Å². The third-order valence-corrected chi connectivity index (χ3v) is 7.47. The van der Waals surface area contributed by atoms with E-state index in [0.717, 1.165) is 29.9 Å². The van der Waals surface area contributed by atoms with E-state index < -0.39 is 10.0 Å². The zero-order valence-electron chi connectivity index (χ0n) is 18.9. The Morgan fingerprint density at radius 2 is 1.84 bits per heavy atom. The van der Waals surface area contributed by atoms with E-state index in [2.05, 4.69) is 0 Å². The molecule has 1 aliphatic rings. The molecule has 1 atom stereocenters. The fourth-order valence-electron chi connectivity index (χ4n) is 3.58. The zero-order valence-corrected chi connectivity index (χ0v) is 19.7. The van der Waals surface area contributed by atoms with Crippen molar-refractivity contribution in [3.05, 3.63) is 47.4 Å². The molecule has 0 unspecified atom stereocenters. The van der Waals surface area contributed by atoms with Crippen LogP contribution >= 0.6 is 0 Å². The molecule has 9 heteroatoms. The molecular weight excluding hydrogens is 414 g/mol. The first-order chi connectivity index (χ1) is 14.6. The average molecular weight is 446 g/mol. The number of aromatic nitrogens is 2. The molecule has 0 N–H and O–H groups in total. The highest BCUT2D eigenvalue weighted by atomic mass is 32.2. The van der Waals surface area contributed by atoms with Crippen LogP contribution in [0.25, 0.3) is 0 Å². The summed E-state index contributed by atoms with van der Waals surface area (Å²) in [5.74, 6) is 1.23. The molecule has 1 aliphatic heterocycles. The van der Waals surface area contributed by atoms with Crippen LogP contribution in [-0.2, 0) is 21.4 Å². The van der Waals surface area contributed by atoms with Gasteiger partial charge in [0.25, 0.3) is 0 Å². The van der Waals surface area contributed by atoms with Gasteiger partial charge in [-0.25, -0.2) is 18.4 Å². The maximum Gasteiger partial charge on any atom is 0.243 e. The lowest BCUT2D eigenvalue weighted by Gasteiger charge is -2.31. The largest absolute Gasteiger partial charge is 0.363 e. The molecule has 1 aromatic carbocycles. The molecule has 0 bridgehead atoms. The lowest BCUT2D eigenvalue weighted by molar-refractivity contribution is -0.128. The molecule has 1 aromatic heterocycles. The van der Waals surface area contributed by atoms with Crippen molar-refractivity contribution in [1.82, 2.24) is 19.2 Å². The Kier molecular flexibility index (Phi) is 6.96. The van der Waals surface area contributed by atoms with Gasteiger partial charge < -0.3 is 9.80 Å². The van der Waals surface area contributed by atoms with E-state index >= 15 is 0 Å². The van der Waals surface area contributed by atoms with Crippen molar-refractivity contribution in [2.75, 3.05) is 39.1 Å². The minimum Gasteiger partial charge on any atom is -0.363 e. The molecule has 0 aliphatic carbocycles. The predicted octanol–water partition coefficient (Wildman–Crippen LogP) is 2.40. The quantitative estimate of drug-likeness (QED) is 0.679. The second kappa shape index (κ2) is 9.32. The van der Waals surface area contributed by atoms with Crippen molar-refractivity contribution >= 4 is 21.7 Å². The van der Waals surface area contributed by atoms with Gasteiger partial charge in [0.05, 0.1) is 17.1 Å². The van der Waals surface area contributed by atoms with Crippen molar-refractivity contribution in [1.29, 1.82) is 0 Å². The van der Waals surface area contributed by atoms with Gasteiger partial charge >= 0.3 is 0 Å². The van der Waals surface area contributed by atoms with Crippen LogP contribution in [0.15, 0.2) is 35.2 Å². The first-order valence-corrected chi connectivity index (χ1v) is 11.9. The second-order valence-electron chi connectivity index (χ2n) is 8.36. The molecule has 0 spiro atoms. The molecule has 2 heterocycles. The molecule has 0 saturated carbocycles. The summed E-state index contributed by atoms with van der Waals surface area (Å²) in [5.41, 5.74) is 1.76. The van der Waals surface area contributed by atoms with E-state index in [-0.39, 0.29) is 11.8 Å². The maximum atomic E-state index is 13.2. The number of benzene rings is 1. The summed E-state index contributed by atoms with van der Waals surface area (Å²) in [7, 11) is 1.96. The number of hydrogen-bond acceptors (Lipinski definition) is 6. The Labute approximate surface area is 185 Å². The summed E-state index contributed by atoms with van der Waals surface area (Å²) in [6.45, 7) is 4.66. The summed E-state index contributed by atoms with van der Waals surface area (Å²) in [4.78, 5) is 24.9. The normalized spacial score (nSPS) is 17.4. The molecule has 8 nitrogen and oxygen atoms in total. The number of hydrogen-bond donors (Lipinski definition) is 0. The van der Waals surface area contributed by atoms with Crippen LogP contribution in [0, 0.1) is 6.92 Å². The third-order valence-electron chi connectivity index (χ3n) is 5.59. The van der Waals surface area contributed by atoms with Crippen LogP contribution in [-0.4, -0.2) is 67.7 Å². The fraction of sp³-hybridized carbons (Fsp3) is 0.500. The first-order valence-electron chi connectivity index (χ1n) is 10.4. The van der Waals surface area contributed by atoms with Gasteiger partial charge in [-0.05, 0) is 31.9 Å². The number of aryl methyl sites for hydroxylation is 1. The maximum absolute atomic E-state index is 13.2. The SMILES string of the molecule is CC(=O)N(C)Cc1cc(N(C)C)nc([C@@H]2CCCN(S(=O)(=O)c3ccc(C)cc3)C2)n1. The molecule has 3 rings (SSSR count). The first kappa shape index (κ1) is 23.1. The molecular formula is C22H31N5O3S. The van der Waals surface area contributed by atoms with Crippen molar-refractivity contribution in [3.63, 3.8) is 0 Å². The smallest absolute Gasteiger partial charge is 0.243 e. The highest BCUT2D eigenvalue weighted by molar-refractivity contribution is 7.89. The highest BCUT2D eigenvalue weighted by Crippen LogP contribution is 2.30. The summed E-state index contributed by atoms with van der Waals surface area (Å²) in [6, 6.07) is 8.82. The Morgan fingerprint density at radius 1 is 1.16 bits per heavy atom. The van der Waals surface area contributed by atoms with Gasteiger partial charge in [-0.15, -0.1) is 0 Å². The topological polar surface area (TPSA) is 86.7 Å². The average Bonchev–Trinajstić information content (AvgIpc) is 2.73. The van der Waals surface area contributed by atoms with Crippen LogP contribution in [0.5, 0.6) is 0 Å². The van der Waals surface area contributed by atoms with Crippen molar-refractivity contribution < 1.29 is 13.2 Å². The molecule has 0 radical (unpaired) electrons. The molecule has 1 amide bonds. The van der Waals surface area contributed by atoms with Crippen LogP contribution in [0.1, 0.15) is 42.8 Å². The van der Waals surface area contributed by atoms with Gasteiger partial charge in [-0.2, -0.15) is 4.31 Å². The molecule has 1 saturated heterocycles. The van der Waals surface area contributed by atoms with Gasteiger partial charge in [0.15, 0.2) is 0 Å². The Morgan fingerprint density at radius 3 is 2.45 bits per heavy atom. The van der Waals surface area contributed by atoms with Crippen LogP contribution in [0.3, 0.4) is 0 Å². The van der Waals surface area contributed by atoms with Crippen LogP contribution in [0.4, 0.5) is 5.82 Å². The van der Waals surface area contributed by atoms with E-state index in [0.29, 0.717) is 30.4 Å². The Hall–Kier alpha value is -2.52. The zero-order chi connectivity index (χ0) is 22.8. The van der Waals surface area contributed by atoms with E-state index in [9.17, 15) is 13.2 Å².